The summed E-state index contributed by atoms with van der Waals surface area (Å²) in [5.41, 5.74) is 1.28. The molecule has 1 unspecified atom stereocenters. The minimum Gasteiger partial charge on any atom is -0.507 e. The van der Waals surface area contributed by atoms with Crippen molar-refractivity contribution >= 4 is 0 Å². The lowest BCUT2D eigenvalue weighted by Gasteiger charge is -2.17. The van der Waals surface area contributed by atoms with E-state index in [2.05, 4.69) is 33.0 Å². The van der Waals surface area contributed by atoms with E-state index in [-0.39, 0.29) is 17.5 Å². The van der Waals surface area contributed by atoms with E-state index >= 15 is 0 Å². The maximum Gasteiger partial charge on any atom is 0.124 e. The molecule has 1 fully saturated rings. The molecule has 19 heavy (non-hydrogen) atoms. The lowest BCUT2D eigenvalue weighted by atomic mass is 10.0. The summed E-state index contributed by atoms with van der Waals surface area (Å²) in [6, 6.07) is 4.80. The van der Waals surface area contributed by atoms with Crippen molar-refractivity contribution in [1.29, 1.82) is 0 Å². The Morgan fingerprint density at radius 3 is 2.00 bits per heavy atom. The predicted molar refractivity (Wildman–Crippen MR) is 77.2 cm³/mol. The lowest BCUT2D eigenvalue weighted by Crippen LogP contribution is -2.23. The van der Waals surface area contributed by atoms with E-state index in [1.54, 1.807) is 18.2 Å². The van der Waals surface area contributed by atoms with Crippen molar-refractivity contribution in [1.82, 2.24) is 5.32 Å². The fourth-order valence-electron chi connectivity index (χ4n) is 3.23. The normalized spacial score (nSPS) is 22.2. The lowest BCUT2D eigenvalue weighted by molar-refractivity contribution is 0.411. The summed E-state index contributed by atoms with van der Waals surface area (Å²) in [7, 11) is 0. The highest BCUT2D eigenvalue weighted by atomic mass is 16.3. The van der Waals surface area contributed by atoms with Crippen molar-refractivity contribution in [3.63, 3.8) is 0 Å². The van der Waals surface area contributed by atoms with E-state index in [4.69, 9.17) is 0 Å². The maximum absolute atomic E-state index is 9.85. The molecule has 3 heteroatoms. The second-order valence-corrected chi connectivity index (χ2v) is 6.84. The highest BCUT2D eigenvalue weighted by Crippen LogP contribution is 2.68. The van der Waals surface area contributed by atoms with Crippen LogP contribution in [-0.4, -0.2) is 16.8 Å². The number of hydrogen-bond donors (Lipinski definition) is 3. The molecule has 0 heterocycles. The van der Waals surface area contributed by atoms with Gasteiger partial charge in [0, 0.05) is 6.04 Å². The van der Waals surface area contributed by atoms with E-state index in [0.717, 1.165) is 6.54 Å². The van der Waals surface area contributed by atoms with Crippen LogP contribution in [0.15, 0.2) is 18.2 Å². The first-order chi connectivity index (χ1) is 8.69. The van der Waals surface area contributed by atoms with Crippen molar-refractivity contribution in [2.75, 3.05) is 6.54 Å². The average Bonchev–Trinajstić information content (AvgIpc) is 2.66. The van der Waals surface area contributed by atoms with E-state index in [0.29, 0.717) is 22.3 Å². The summed E-state index contributed by atoms with van der Waals surface area (Å²) in [5.74, 6) is 0.916. The van der Waals surface area contributed by atoms with Crippen molar-refractivity contribution in [2.45, 2.75) is 40.7 Å². The Bertz CT molecular complexity index is 445. The Balaban J connectivity index is 2.02. The smallest absolute Gasteiger partial charge is 0.124 e. The zero-order valence-electron chi connectivity index (χ0n) is 12.5. The molecule has 1 saturated carbocycles. The summed E-state index contributed by atoms with van der Waals surface area (Å²) in [4.78, 5) is 0. The van der Waals surface area contributed by atoms with E-state index in [1.807, 2.05) is 6.92 Å². The third kappa shape index (κ3) is 2.20. The Kier molecular flexibility index (Phi) is 3.29. The molecular weight excluding hydrogens is 238 g/mol. The number of benzene rings is 1. The summed E-state index contributed by atoms with van der Waals surface area (Å²) in [6.45, 7) is 12.0. The van der Waals surface area contributed by atoms with Gasteiger partial charge in [0.15, 0.2) is 0 Å². The maximum atomic E-state index is 9.85. The van der Waals surface area contributed by atoms with Crippen LogP contribution in [0.5, 0.6) is 11.5 Å². The third-order valence-electron chi connectivity index (χ3n) is 5.44. The zero-order chi connectivity index (χ0) is 14.4. The predicted octanol–water partition coefficient (Wildman–Crippen LogP) is 3.43. The molecule has 0 bridgehead atoms. The van der Waals surface area contributed by atoms with Crippen molar-refractivity contribution in [2.24, 2.45) is 16.7 Å². The number of phenols is 2. The summed E-state index contributed by atoms with van der Waals surface area (Å²) < 4.78 is 0. The fraction of sp³-hybridized carbons (Fsp3) is 0.625. The first kappa shape index (κ1) is 14.2. The van der Waals surface area contributed by atoms with Crippen LogP contribution in [-0.2, 0) is 0 Å². The first-order valence-corrected chi connectivity index (χ1v) is 6.94. The zero-order valence-corrected chi connectivity index (χ0v) is 12.5. The standard InChI is InChI=1S/C16H25NO2/c1-10(14-11(18)7-6-8-12(14)19)17-9-13-15(2,3)16(13,4)5/h6-8,10,13,17-19H,9H2,1-5H3. The Hall–Kier alpha value is -1.22. The molecule has 1 aliphatic carbocycles. The van der Waals surface area contributed by atoms with Gasteiger partial charge < -0.3 is 15.5 Å². The van der Waals surface area contributed by atoms with Crippen LogP contribution in [0.2, 0.25) is 0 Å². The summed E-state index contributed by atoms with van der Waals surface area (Å²) >= 11 is 0. The monoisotopic (exact) mass is 263 g/mol. The number of nitrogens with one attached hydrogen (secondary N) is 1. The molecule has 0 spiro atoms. The third-order valence-corrected chi connectivity index (χ3v) is 5.44. The molecule has 1 aromatic rings. The van der Waals surface area contributed by atoms with Crippen LogP contribution >= 0.6 is 0 Å². The molecule has 0 radical (unpaired) electrons. The van der Waals surface area contributed by atoms with Crippen molar-refractivity contribution < 1.29 is 10.2 Å². The Morgan fingerprint density at radius 2 is 1.58 bits per heavy atom. The van der Waals surface area contributed by atoms with E-state index in [9.17, 15) is 10.2 Å². The molecular formula is C16H25NO2. The van der Waals surface area contributed by atoms with Crippen LogP contribution in [0.1, 0.15) is 46.2 Å². The molecule has 3 nitrogen and oxygen atoms in total. The summed E-state index contributed by atoms with van der Waals surface area (Å²) in [5, 5.41) is 23.1. The molecule has 0 aromatic heterocycles. The van der Waals surface area contributed by atoms with Gasteiger partial charge in [0.25, 0.3) is 0 Å². The van der Waals surface area contributed by atoms with Gasteiger partial charge in [-0.15, -0.1) is 0 Å². The van der Waals surface area contributed by atoms with Gasteiger partial charge in [-0.1, -0.05) is 33.8 Å². The van der Waals surface area contributed by atoms with Crippen LogP contribution < -0.4 is 5.32 Å². The van der Waals surface area contributed by atoms with E-state index in [1.165, 1.54) is 0 Å². The summed E-state index contributed by atoms with van der Waals surface area (Å²) in [6.07, 6.45) is 0. The Labute approximate surface area is 115 Å². The molecule has 1 atom stereocenters. The number of aromatic hydroxyl groups is 2. The van der Waals surface area contributed by atoms with Gasteiger partial charge in [0.05, 0.1) is 5.56 Å². The second kappa shape index (κ2) is 4.41. The number of phenolic OH excluding ortho intramolecular Hbond substituents is 2. The van der Waals surface area contributed by atoms with Gasteiger partial charge >= 0.3 is 0 Å². The molecule has 3 N–H and O–H groups in total. The molecule has 2 rings (SSSR count). The molecule has 106 valence electrons. The van der Waals surface area contributed by atoms with E-state index < -0.39 is 0 Å². The van der Waals surface area contributed by atoms with Gasteiger partial charge in [-0.2, -0.15) is 0 Å². The Morgan fingerprint density at radius 1 is 1.11 bits per heavy atom. The first-order valence-electron chi connectivity index (χ1n) is 6.94. The van der Waals surface area contributed by atoms with Crippen molar-refractivity contribution in [3.05, 3.63) is 23.8 Å². The SMILES string of the molecule is CC(NCC1C(C)(C)C1(C)C)c1c(O)cccc1O. The molecule has 0 saturated heterocycles. The number of rotatable bonds is 4. The highest BCUT2D eigenvalue weighted by molar-refractivity contribution is 5.44. The van der Waals surface area contributed by atoms with Gasteiger partial charge in [0.1, 0.15) is 11.5 Å². The van der Waals surface area contributed by atoms with Crippen LogP contribution in [0, 0.1) is 16.7 Å². The fourth-order valence-corrected chi connectivity index (χ4v) is 3.23. The van der Waals surface area contributed by atoms with Gasteiger partial charge in [-0.05, 0) is 42.3 Å². The highest BCUT2D eigenvalue weighted by Gasteiger charge is 2.63. The van der Waals surface area contributed by atoms with Crippen LogP contribution in [0.4, 0.5) is 0 Å². The van der Waals surface area contributed by atoms with Crippen LogP contribution in [0.3, 0.4) is 0 Å². The van der Waals surface area contributed by atoms with Crippen LogP contribution in [0.25, 0.3) is 0 Å². The minimum absolute atomic E-state index is 0.0617. The largest absolute Gasteiger partial charge is 0.507 e. The number of hydrogen-bond acceptors (Lipinski definition) is 3. The van der Waals surface area contributed by atoms with Gasteiger partial charge in [-0.3, -0.25) is 0 Å². The van der Waals surface area contributed by atoms with Gasteiger partial charge in [0.2, 0.25) is 0 Å². The molecule has 1 aliphatic rings. The topological polar surface area (TPSA) is 52.5 Å². The second-order valence-electron chi connectivity index (χ2n) is 6.84. The van der Waals surface area contributed by atoms with Gasteiger partial charge in [-0.25, -0.2) is 0 Å². The molecule has 0 amide bonds. The average molecular weight is 263 g/mol. The van der Waals surface area contributed by atoms with Crippen molar-refractivity contribution in [3.8, 4) is 11.5 Å². The molecule has 0 aliphatic heterocycles. The minimum atomic E-state index is -0.0617. The quantitative estimate of drug-likeness (QED) is 0.780. The molecule has 1 aromatic carbocycles.